The Balaban J connectivity index is 1.59. The van der Waals surface area contributed by atoms with Crippen LogP contribution in [0.1, 0.15) is 11.4 Å². The van der Waals surface area contributed by atoms with Crippen molar-refractivity contribution >= 4 is 43.4 Å². The summed E-state index contributed by atoms with van der Waals surface area (Å²) in [5.41, 5.74) is 1.09. The second-order valence-electron chi connectivity index (χ2n) is 6.28. The molecule has 0 aliphatic carbocycles. The van der Waals surface area contributed by atoms with E-state index in [1.807, 2.05) is 19.1 Å². The van der Waals surface area contributed by atoms with Crippen LogP contribution in [0.25, 0.3) is 0 Å². The average molecular weight is 477 g/mol. The van der Waals surface area contributed by atoms with Gasteiger partial charge in [-0.2, -0.15) is 0 Å². The summed E-state index contributed by atoms with van der Waals surface area (Å²) in [6.45, 7) is 4.34. The van der Waals surface area contributed by atoms with Crippen LogP contribution >= 0.6 is 15.9 Å². The van der Waals surface area contributed by atoms with Gasteiger partial charge in [-0.05, 0) is 59.6 Å². The van der Waals surface area contributed by atoms with Crippen molar-refractivity contribution in [2.24, 2.45) is 0 Å². The van der Waals surface area contributed by atoms with Gasteiger partial charge in [0.15, 0.2) is 0 Å². The minimum absolute atomic E-state index is 0.203. The molecular weight excluding hydrogens is 456 g/mol. The number of aryl methyl sites for hydroxylation is 2. The van der Waals surface area contributed by atoms with Gasteiger partial charge in [0.25, 0.3) is 0 Å². The lowest BCUT2D eigenvalue weighted by Crippen LogP contribution is -2.29. The fraction of sp³-hybridized carbons (Fsp3) is 0.211. The molecule has 0 saturated carbocycles. The van der Waals surface area contributed by atoms with E-state index in [1.54, 1.807) is 43.5 Å². The Morgan fingerprint density at radius 2 is 1.72 bits per heavy atom. The van der Waals surface area contributed by atoms with E-state index in [-0.39, 0.29) is 11.4 Å². The molecule has 0 saturated heterocycles. The highest BCUT2D eigenvalue weighted by atomic mass is 79.9. The molecule has 1 aromatic carbocycles. The molecule has 0 unspecified atom stereocenters. The van der Waals surface area contributed by atoms with Crippen LogP contribution < -0.4 is 15.4 Å². The van der Waals surface area contributed by atoms with Gasteiger partial charge < -0.3 is 10.6 Å². The van der Waals surface area contributed by atoms with Gasteiger partial charge >= 0.3 is 0 Å². The summed E-state index contributed by atoms with van der Waals surface area (Å²) in [6.07, 6.45) is 1.72. The number of rotatable bonds is 8. The zero-order chi connectivity index (χ0) is 20.9. The second-order valence-corrected chi connectivity index (χ2v) is 8.87. The Bertz CT molecular complexity index is 1110. The van der Waals surface area contributed by atoms with E-state index in [0.717, 1.165) is 5.56 Å². The highest BCUT2D eigenvalue weighted by Gasteiger charge is 2.16. The minimum atomic E-state index is -3.60. The van der Waals surface area contributed by atoms with Crippen LogP contribution in [0.2, 0.25) is 0 Å². The standard InChI is InChI=1S/C19H21BrN6O2S/c1-13-7-8-21-17(11-13)26-19-12-18(24-14(2)25-19)22-9-10-23-29(27,28)16-6-4-3-5-15(16)20/h3-8,11-12,23H,9-10H2,1-2H3,(H2,21,22,24,25,26). The van der Waals surface area contributed by atoms with Gasteiger partial charge in [-0.15, -0.1) is 0 Å². The van der Waals surface area contributed by atoms with Gasteiger partial charge in [-0.25, -0.2) is 28.1 Å². The van der Waals surface area contributed by atoms with E-state index < -0.39 is 10.0 Å². The van der Waals surface area contributed by atoms with Crippen LogP contribution in [0.4, 0.5) is 17.5 Å². The number of hydrogen-bond donors (Lipinski definition) is 3. The van der Waals surface area contributed by atoms with Gasteiger partial charge in [-0.3, -0.25) is 0 Å². The first-order valence-corrected chi connectivity index (χ1v) is 11.1. The summed E-state index contributed by atoms with van der Waals surface area (Å²) in [4.78, 5) is 13.2. The summed E-state index contributed by atoms with van der Waals surface area (Å²) in [5, 5.41) is 6.26. The Morgan fingerprint density at radius 1 is 0.966 bits per heavy atom. The summed E-state index contributed by atoms with van der Waals surface area (Å²) >= 11 is 3.26. The fourth-order valence-electron chi connectivity index (χ4n) is 2.57. The van der Waals surface area contributed by atoms with Crippen molar-refractivity contribution in [2.45, 2.75) is 18.7 Å². The van der Waals surface area contributed by atoms with Crippen molar-refractivity contribution in [3.8, 4) is 0 Å². The topological polar surface area (TPSA) is 109 Å². The maximum atomic E-state index is 12.4. The quantitative estimate of drug-likeness (QED) is 0.427. The number of halogens is 1. The lowest BCUT2D eigenvalue weighted by molar-refractivity contribution is 0.582. The van der Waals surface area contributed by atoms with Crippen LogP contribution in [-0.2, 0) is 10.0 Å². The third-order valence-electron chi connectivity index (χ3n) is 3.86. The highest BCUT2D eigenvalue weighted by Crippen LogP contribution is 2.20. The number of hydrogen-bond acceptors (Lipinski definition) is 7. The molecule has 3 rings (SSSR count). The maximum Gasteiger partial charge on any atom is 0.241 e. The van der Waals surface area contributed by atoms with Crippen molar-refractivity contribution in [2.75, 3.05) is 23.7 Å². The number of aromatic nitrogens is 3. The van der Waals surface area contributed by atoms with Crippen LogP contribution in [0.3, 0.4) is 0 Å². The molecule has 0 amide bonds. The molecule has 2 heterocycles. The Kier molecular flexibility index (Phi) is 6.78. The summed E-state index contributed by atoms with van der Waals surface area (Å²) in [6, 6.07) is 12.3. The van der Waals surface area contributed by atoms with Crippen molar-refractivity contribution in [1.29, 1.82) is 0 Å². The van der Waals surface area contributed by atoms with E-state index in [4.69, 9.17) is 0 Å². The van der Waals surface area contributed by atoms with E-state index in [0.29, 0.717) is 34.3 Å². The molecule has 2 aromatic heterocycles. The number of nitrogens with one attached hydrogen (secondary N) is 3. The lowest BCUT2D eigenvalue weighted by Gasteiger charge is -2.11. The Hall–Kier alpha value is -2.56. The largest absolute Gasteiger partial charge is 0.369 e. The van der Waals surface area contributed by atoms with E-state index in [2.05, 4.69) is 46.2 Å². The third kappa shape index (κ3) is 5.96. The lowest BCUT2D eigenvalue weighted by atomic mass is 10.3. The molecule has 0 aliphatic rings. The first kappa shape index (κ1) is 21.2. The maximum absolute atomic E-state index is 12.4. The van der Waals surface area contributed by atoms with Crippen molar-refractivity contribution < 1.29 is 8.42 Å². The first-order valence-electron chi connectivity index (χ1n) is 8.87. The van der Waals surface area contributed by atoms with Crippen LogP contribution in [0, 0.1) is 13.8 Å². The smallest absolute Gasteiger partial charge is 0.241 e. The zero-order valence-electron chi connectivity index (χ0n) is 16.0. The van der Waals surface area contributed by atoms with Crippen LogP contribution in [-0.4, -0.2) is 36.5 Å². The van der Waals surface area contributed by atoms with Gasteiger partial charge in [0.05, 0.1) is 4.90 Å². The van der Waals surface area contributed by atoms with E-state index >= 15 is 0 Å². The molecule has 152 valence electrons. The zero-order valence-corrected chi connectivity index (χ0v) is 18.4. The number of anilines is 3. The molecule has 0 aliphatic heterocycles. The Labute approximate surface area is 178 Å². The number of pyridine rings is 1. The number of benzene rings is 1. The fourth-order valence-corrected chi connectivity index (χ4v) is 4.61. The number of sulfonamides is 1. The average Bonchev–Trinajstić information content (AvgIpc) is 2.65. The summed E-state index contributed by atoms with van der Waals surface area (Å²) in [7, 11) is -3.60. The molecular formula is C19H21BrN6O2S. The normalized spacial score (nSPS) is 11.3. The van der Waals surface area contributed by atoms with Crippen molar-refractivity contribution in [1.82, 2.24) is 19.7 Å². The first-order chi connectivity index (χ1) is 13.8. The Morgan fingerprint density at radius 3 is 2.48 bits per heavy atom. The third-order valence-corrected chi connectivity index (χ3v) is 6.33. The molecule has 3 N–H and O–H groups in total. The predicted octanol–water partition coefficient (Wildman–Crippen LogP) is 3.38. The van der Waals surface area contributed by atoms with Crippen LogP contribution in [0.5, 0.6) is 0 Å². The molecule has 0 bridgehead atoms. The van der Waals surface area contributed by atoms with E-state index in [9.17, 15) is 8.42 Å². The SMILES string of the molecule is Cc1ccnc(Nc2cc(NCCNS(=O)(=O)c3ccccc3Br)nc(C)n2)c1. The predicted molar refractivity (Wildman–Crippen MR) is 117 cm³/mol. The molecule has 0 fully saturated rings. The molecule has 8 nitrogen and oxygen atoms in total. The molecule has 0 spiro atoms. The monoisotopic (exact) mass is 476 g/mol. The van der Waals surface area contributed by atoms with Gasteiger partial charge in [0, 0.05) is 29.8 Å². The minimum Gasteiger partial charge on any atom is -0.369 e. The number of nitrogens with zero attached hydrogens (tertiary/aromatic N) is 3. The van der Waals surface area contributed by atoms with Crippen molar-refractivity contribution in [3.63, 3.8) is 0 Å². The van der Waals surface area contributed by atoms with E-state index in [1.165, 1.54) is 0 Å². The molecule has 10 heteroatoms. The van der Waals surface area contributed by atoms with Gasteiger partial charge in [0.1, 0.15) is 23.3 Å². The van der Waals surface area contributed by atoms with Crippen LogP contribution in [0.15, 0.2) is 58.0 Å². The van der Waals surface area contributed by atoms with Gasteiger partial charge in [0.2, 0.25) is 10.0 Å². The van der Waals surface area contributed by atoms with Crippen molar-refractivity contribution in [3.05, 3.63) is 64.5 Å². The molecule has 0 atom stereocenters. The highest BCUT2D eigenvalue weighted by molar-refractivity contribution is 9.10. The molecule has 0 radical (unpaired) electrons. The summed E-state index contributed by atoms with van der Waals surface area (Å²) < 4.78 is 27.9. The summed E-state index contributed by atoms with van der Waals surface area (Å²) in [5.74, 6) is 2.47. The van der Waals surface area contributed by atoms with Gasteiger partial charge in [-0.1, -0.05) is 12.1 Å². The molecule has 29 heavy (non-hydrogen) atoms. The molecule has 3 aromatic rings. The second kappa shape index (κ2) is 9.29.